The molecule has 1 heterocycles. The van der Waals surface area contributed by atoms with E-state index >= 15 is 0 Å². The number of urea groups is 1. The van der Waals surface area contributed by atoms with E-state index in [4.69, 9.17) is 23.2 Å². The van der Waals surface area contributed by atoms with Crippen molar-refractivity contribution < 1.29 is 13.2 Å². The number of carbonyl (C=O) groups excluding carboxylic acids is 1. The highest BCUT2D eigenvalue weighted by Gasteiger charge is 2.51. The molecule has 31 heavy (non-hydrogen) atoms. The second kappa shape index (κ2) is 8.08. The number of hydrogen-bond acceptors (Lipinski definition) is 3. The van der Waals surface area contributed by atoms with Crippen molar-refractivity contribution in [2.24, 2.45) is 17.8 Å². The van der Waals surface area contributed by atoms with Crippen LogP contribution in [0, 0.1) is 17.8 Å². The summed E-state index contributed by atoms with van der Waals surface area (Å²) in [5.74, 6) is 2.27. The Morgan fingerprint density at radius 2 is 1.74 bits per heavy atom. The Morgan fingerprint density at radius 1 is 1.10 bits per heavy atom. The Balaban J connectivity index is 1.22. The molecule has 1 unspecified atom stereocenters. The molecule has 6 nitrogen and oxygen atoms in total. The van der Waals surface area contributed by atoms with Crippen LogP contribution < -0.4 is 10.6 Å². The third kappa shape index (κ3) is 4.19. The standard InChI is InChI=1S/C22H29Cl2N3O3S/c23-17-3-4-20(19(24)9-17)31(29,30)27-5-1-2-18(27)13-25-21(28)26-22-10-14-6-15(11-22)8-16(7-14)12-22/h3-4,9,14-16,18H,1-2,5-8,10-13H2,(H2,25,26,28). The largest absolute Gasteiger partial charge is 0.337 e. The molecule has 1 aliphatic heterocycles. The first-order valence-corrected chi connectivity index (χ1v) is 13.5. The van der Waals surface area contributed by atoms with Crippen LogP contribution in [-0.4, -0.2) is 43.4 Å². The van der Waals surface area contributed by atoms with Crippen LogP contribution in [0.3, 0.4) is 0 Å². The lowest BCUT2D eigenvalue weighted by Gasteiger charge is -2.56. The molecule has 1 atom stereocenters. The van der Waals surface area contributed by atoms with Crippen LogP contribution in [0.4, 0.5) is 4.79 Å². The fourth-order valence-corrected chi connectivity index (χ4v) is 9.34. The molecule has 4 bridgehead atoms. The summed E-state index contributed by atoms with van der Waals surface area (Å²) in [6, 6.07) is 3.97. The van der Waals surface area contributed by atoms with Crippen molar-refractivity contribution >= 4 is 39.3 Å². The molecule has 0 spiro atoms. The summed E-state index contributed by atoms with van der Waals surface area (Å²) in [4.78, 5) is 12.8. The lowest BCUT2D eigenvalue weighted by atomic mass is 9.53. The summed E-state index contributed by atoms with van der Waals surface area (Å²) in [5, 5.41) is 6.77. The average molecular weight is 486 g/mol. The lowest BCUT2D eigenvalue weighted by Crippen LogP contribution is -2.62. The Morgan fingerprint density at radius 3 is 2.35 bits per heavy atom. The molecule has 5 aliphatic rings. The molecule has 6 rings (SSSR count). The Bertz CT molecular complexity index is 949. The number of nitrogens with one attached hydrogen (secondary N) is 2. The minimum Gasteiger partial charge on any atom is -0.337 e. The Kier molecular flexibility index (Phi) is 5.69. The van der Waals surface area contributed by atoms with Crippen molar-refractivity contribution in [3.63, 3.8) is 0 Å². The summed E-state index contributed by atoms with van der Waals surface area (Å²) in [6.07, 6.45) is 8.71. The highest BCUT2D eigenvalue weighted by Crippen LogP contribution is 2.55. The smallest absolute Gasteiger partial charge is 0.315 e. The SMILES string of the molecule is O=C(NCC1CCCN1S(=O)(=O)c1ccc(Cl)cc1Cl)NC12CC3CC(CC(C3)C1)C2. The third-order valence-electron chi connectivity index (χ3n) is 7.72. The monoisotopic (exact) mass is 485 g/mol. The van der Waals surface area contributed by atoms with Gasteiger partial charge in [0.05, 0.1) is 5.02 Å². The summed E-state index contributed by atoms with van der Waals surface area (Å²) in [6.45, 7) is 0.715. The lowest BCUT2D eigenvalue weighted by molar-refractivity contribution is -0.0135. The minimum absolute atomic E-state index is 0.0584. The third-order valence-corrected chi connectivity index (χ3v) is 10.4. The fraction of sp³-hybridized carbons (Fsp3) is 0.682. The average Bonchev–Trinajstić information content (AvgIpc) is 3.14. The van der Waals surface area contributed by atoms with Gasteiger partial charge in [0.15, 0.2) is 0 Å². The molecule has 4 aliphatic carbocycles. The zero-order valence-corrected chi connectivity index (χ0v) is 19.8. The second-order valence-electron chi connectivity index (χ2n) is 10.0. The van der Waals surface area contributed by atoms with Gasteiger partial charge >= 0.3 is 6.03 Å². The van der Waals surface area contributed by atoms with E-state index in [2.05, 4.69) is 10.6 Å². The van der Waals surface area contributed by atoms with Crippen LogP contribution in [0.25, 0.3) is 0 Å². The number of rotatable bonds is 5. The van der Waals surface area contributed by atoms with Crippen molar-refractivity contribution in [3.8, 4) is 0 Å². The number of hydrogen-bond donors (Lipinski definition) is 2. The fourth-order valence-electron chi connectivity index (χ4n) is 6.90. The van der Waals surface area contributed by atoms with Gasteiger partial charge < -0.3 is 10.6 Å². The van der Waals surface area contributed by atoms with E-state index in [9.17, 15) is 13.2 Å². The normalized spacial score (nSPS) is 34.8. The summed E-state index contributed by atoms with van der Waals surface area (Å²) >= 11 is 12.1. The Labute approximate surface area is 194 Å². The quantitative estimate of drug-likeness (QED) is 0.647. The predicted octanol–water partition coefficient (Wildman–Crippen LogP) is 4.41. The first-order valence-electron chi connectivity index (χ1n) is 11.3. The van der Waals surface area contributed by atoms with Gasteiger partial charge in [-0.15, -0.1) is 0 Å². The number of nitrogens with zero attached hydrogens (tertiary/aromatic N) is 1. The molecule has 1 aromatic rings. The topological polar surface area (TPSA) is 78.5 Å². The highest BCUT2D eigenvalue weighted by atomic mass is 35.5. The zero-order valence-electron chi connectivity index (χ0n) is 17.4. The van der Waals surface area contributed by atoms with E-state index in [1.165, 1.54) is 41.8 Å². The van der Waals surface area contributed by atoms with Crippen molar-refractivity contribution in [2.75, 3.05) is 13.1 Å². The molecule has 9 heteroatoms. The van der Waals surface area contributed by atoms with E-state index < -0.39 is 10.0 Å². The summed E-state index contributed by atoms with van der Waals surface area (Å²) in [7, 11) is -3.76. The van der Waals surface area contributed by atoms with Crippen molar-refractivity contribution in [3.05, 3.63) is 28.2 Å². The van der Waals surface area contributed by atoms with Crippen LogP contribution in [0.5, 0.6) is 0 Å². The number of amides is 2. The zero-order chi connectivity index (χ0) is 21.8. The number of carbonyl (C=O) groups is 1. The van der Waals surface area contributed by atoms with Gasteiger partial charge in [0, 0.05) is 29.7 Å². The van der Waals surface area contributed by atoms with Gasteiger partial charge in [-0.1, -0.05) is 23.2 Å². The maximum absolute atomic E-state index is 13.2. The van der Waals surface area contributed by atoms with Gasteiger partial charge in [-0.2, -0.15) is 4.31 Å². The molecular formula is C22H29Cl2N3O3S. The summed E-state index contributed by atoms with van der Waals surface area (Å²) < 4.78 is 27.8. The van der Waals surface area contributed by atoms with Crippen LogP contribution in [0.2, 0.25) is 10.0 Å². The van der Waals surface area contributed by atoms with Gasteiger partial charge in [0.1, 0.15) is 4.90 Å². The number of benzene rings is 1. The molecule has 170 valence electrons. The molecular weight excluding hydrogens is 457 g/mol. The molecule has 2 N–H and O–H groups in total. The molecule has 2 amide bonds. The predicted molar refractivity (Wildman–Crippen MR) is 121 cm³/mol. The van der Waals surface area contributed by atoms with Gasteiger partial charge in [-0.25, -0.2) is 13.2 Å². The molecule has 4 saturated carbocycles. The molecule has 5 fully saturated rings. The van der Waals surface area contributed by atoms with Crippen molar-refractivity contribution in [1.29, 1.82) is 0 Å². The van der Waals surface area contributed by atoms with Gasteiger partial charge in [-0.3, -0.25) is 0 Å². The van der Waals surface area contributed by atoms with E-state index in [0.29, 0.717) is 24.5 Å². The van der Waals surface area contributed by atoms with Crippen LogP contribution in [0.1, 0.15) is 51.4 Å². The molecule has 1 saturated heterocycles. The van der Waals surface area contributed by atoms with E-state index in [1.807, 2.05) is 0 Å². The first kappa shape index (κ1) is 21.8. The highest BCUT2D eigenvalue weighted by molar-refractivity contribution is 7.89. The van der Waals surface area contributed by atoms with Crippen LogP contribution >= 0.6 is 23.2 Å². The number of halogens is 2. The first-order chi connectivity index (χ1) is 14.7. The van der Waals surface area contributed by atoms with E-state index in [-0.39, 0.29) is 27.5 Å². The van der Waals surface area contributed by atoms with Gasteiger partial charge in [0.25, 0.3) is 0 Å². The van der Waals surface area contributed by atoms with E-state index in [0.717, 1.165) is 43.4 Å². The molecule has 0 aromatic heterocycles. The maximum atomic E-state index is 13.2. The van der Waals surface area contributed by atoms with Gasteiger partial charge in [-0.05, 0) is 87.3 Å². The van der Waals surface area contributed by atoms with Crippen molar-refractivity contribution in [2.45, 2.75) is 67.8 Å². The molecule has 1 aromatic carbocycles. The van der Waals surface area contributed by atoms with Crippen LogP contribution in [-0.2, 0) is 10.0 Å². The second-order valence-corrected chi connectivity index (χ2v) is 12.7. The summed E-state index contributed by atoms with van der Waals surface area (Å²) in [5.41, 5.74) is -0.0584. The maximum Gasteiger partial charge on any atom is 0.315 e. The van der Waals surface area contributed by atoms with Crippen molar-refractivity contribution in [1.82, 2.24) is 14.9 Å². The molecule has 0 radical (unpaired) electrons. The minimum atomic E-state index is -3.76. The van der Waals surface area contributed by atoms with Crippen LogP contribution in [0.15, 0.2) is 23.1 Å². The number of sulfonamides is 1. The van der Waals surface area contributed by atoms with Gasteiger partial charge in [0.2, 0.25) is 10.0 Å². The Hall–Kier alpha value is -1.02. The van der Waals surface area contributed by atoms with E-state index in [1.54, 1.807) is 0 Å².